The Balaban J connectivity index is 0.000000284. The second kappa shape index (κ2) is 8.11. The van der Waals surface area contributed by atoms with Crippen molar-refractivity contribution in [3.8, 4) is 0 Å². The van der Waals surface area contributed by atoms with E-state index in [1.165, 1.54) is 12.0 Å². The molecule has 9 heteroatoms. The first-order valence-corrected chi connectivity index (χ1v) is 8.07. The van der Waals surface area contributed by atoms with Crippen LogP contribution in [0.15, 0.2) is 49.1 Å². The number of aryl methyl sites for hydroxylation is 3. The largest absolute Gasteiger partial charge is 0.741 e. The number of imidazole rings is 1. The van der Waals surface area contributed by atoms with Crippen LogP contribution < -0.4 is 4.57 Å². The fourth-order valence-electron chi connectivity index (χ4n) is 1.74. The van der Waals surface area contributed by atoms with E-state index in [-0.39, 0.29) is 0 Å². The highest BCUT2D eigenvalue weighted by Gasteiger charge is 2.36. The first-order valence-electron chi connectivity index (χ1n) is 6.66. The maximum absolute atomic E-state index is 10.7. The smallest absolute Gasteiger partial charge is 0.485 e. The van der Waals surface area contributed by atoms with Crippen LogP contribution in [0.2, 0.25) is 0 Å². The first-order chi connectivity index (χ1) is 10.6. The van der Waals surface area contributed by atoms with E-state index in [1.54, 1.807) is 0 Å². The van der Waals surface area contributed by atoms with Crippen LogP contribution in [0.3, 0.4) is 0 Å². The van der Waals surface area contributed by atoms with Gasteiger partial charge in [0.1, 0.15) is 12.4 Å². The van der Waals surface area contributed by atoms with Crippen molar-refractivity contribution in [2.45, 2.75) is 24.9 Å². The van der Waals surface area contributed by atoms with Crippen LogP contribution in [0.4, 0.5) is 13.2 Å². The SMILES string of the molecule is C[n+]1ccn(CCCc2ccccc2)c1.O=S(=O)([O-])C(F)(F)F. The number of benzene rings is 1. The van der Waals surface area contributed by atoms with Gasteiger partial charge in [-0.05, 0) is 18.4 Å². The van der Waals surface area contributed by atoms with Crippen molar-refractivity contribution in [1.29, 1.82) is 0 Å². The number of hydrogen-bond acceptors (Lipinski definition) is 3. The Morgan fingerprint density at radius 2 is 1.78 bits per heavy atom. The van der Waals surface area contributed by atoms with Crippen LogP contribution in [0.25, 0.3) is 0 Å². The lowest BCUT2D eigenvalue weighted by atomic mass is 10.1. The molecule has 0 atom stereocenters. The maximum atomic E-state index is 10.7. The average Bonchev–Trinajstić information content (AvgIpc) is 2.84. The number of alkyl halides is 3. The zero-order chi connectivity index (χ0) is 17.5. The molecule has 23 heavy (non-hydrogen) atoms. The standard InChI is InChI=1S/C13H17N2.CHF3O3S/c1-14-10-11-15(12-14)9-5-8-13-6-3-2-4-7-13;2-1(3,4)8(5,6)7/h2-4,6-7,10-12H,5,8-9H2,1H3;(H,5,6,7)/q+1;/p-1. The minimum atomic E-state index is -6.09. The van der Waals surface area contributed by atoms with Crippen molar-refractivity contribution in [2.24, 2.45) is 7.05 Å². The normalized spacial score (nSPS) is 11.7. The fraction of sp³-hybridized carbons (Fsp3) is 0.357. The molecule has 0 radical (unpaired) electrons. The molecular formula is C14H17F3N2O3S. The van der Waals surface area contributed by atoms with Crippen molar-refractivity contribution in [2.75, 3.05) is 0 Å². The van der Waals surface area contributed by atoms with Crippen LogP contribution in [0.5, 0.6) is 0 Å². The van der Waals surface area contributed by atoms with Crippen molar-refractivity contribution in [3.05, 3.63) is 54.6 Å². The van der Waals surface area contributed by atoms with Gasteiger partial charge < -0.3 is 4.55 Å². The van der Waals surface area contributed by atoms with Gasteiger partial charge in [0.25, 0.3) is 0 Å². The van der Waals surface area contributed by atoms with Gasteiger partial charge >= 0.3 is 5.51 Å². The summed E-state index contributed by atoms with van der Waals surface area (Å²) in [7, 11) is -4.04. The zero-order valence-electron chi connectivity index (χ0n) is 12.4. The van der Waals surface area contributed by atoms with E-state index >= 15 is 0 Å². The molecule has 0 N–H and O–H groups in total. The molecule has 1 heterocycles. The van der Waals surface area contributed by atoms with Crippen LogP contribution in [-0.4, -0.2) is 23.0 Å². The minimum absolute atomic E-state index is 1.09. The molecule has 5 nitrogen and oxygen atoms in total. The number of aromatic nitrogens is 2. The summed E-state index contributed by atoms with van der Waals surface area (Å²) in [4.78, 5) is 0. The zero-order valence-corrected chi connectivity index (χ0v) is 13.2. The number of halogens is 3. The van der Waals surface area contributed by atoms with Gasteiger partial charge in [-0.2, -0.15) is 13.2 Å². The van der Waals surface area contributed by atoms with Gasteiger partial charge in [-0.15, -0.1) is 0 Å². The lowest BCUT2D eigenvalue weighted by Gasteiger charge is -2.08. The molecule has 0 aliphatic carbocycles. The lowest BCUT2D eigenvalue weighted by Crippen LogP contribution is -2.23. The Bertz CT molecular complexity index is 698. The molecule has 0 bridgehead atoms. The molecule has 0 amide bonds. The monoisotopic (exact) mass is 350 g/mol. The predicted octanol–water partition coefficient (Wildman–Crippen LogP) is 2.00. The summed E-state index contributed by atoms with van der Waals surface area (Å²) in [6.07, 6.45) is 8.65. The van der Waals surface area contributed by atoms with Gasteiger partial charge in [0.05, 0.1) is 13.6 Å². The first kappa shape index (κ1) is 19.2. The maximum Gasteiger partial charge on any atom is 0.485 e. The van der Waals surface area contributed by atoms with Gasteiger partial charge in [0.2, 0.25) is 6.33 Å². The molecule has 2 rings (SSSR count). The third-order valence-corrected chi connectivity index (χ3v) is 3.40. The van der Waals surface area contributed by atoms with Crippen LogP contribution in [0.1, 0.15) is 12.0 Å². The van der Waals surface area contributed by atoms with Gasteiger partial charge in [0.15, 0.2) is 10.1 Å². The molecule has 0 fully saturated rings. The third kappa shape index (κ3) is 7.29. The highest BCUT2D eigenvalue weighted by Crippen LogP contribution is 2.20. The fourth-order valence-corrected chi connectivity index (χ4v) is 1.74. The molecule has 128 valence electrons. The van der Waals surface area contributed by atoms with Crippen molar-refractivity contribution >= 4 is 10.1 Å². The summed E-state index contributed by atoms with van der Waals surface area (Å²) in [6, 6.07) is 10.6. The van der Waals surface area contributed by atoms with Gasteiger partial charge in [-0.25, -0.2) is 17.6 Å². The second-order valence-electron chi connectivity index (χ2n) is 4.81. The molecule has 1 aromatic heterocycles. The molecule has 0 aliphatic rings. The molecule has 2 aromatic rings. The minimum Gasteiger partial charge on any atom is -0.741 e. The van der Waals surface area contributed by atoms with Gasteiger partial charge in [-0.3, -0.25) is 0 Å². The third-order valence-electron chi connectivity index (χ3n) is 2.83. The summed E-state index contributed by atoms with van der Waals surface area (Å²) in [5, 5.41) is 0. The van der Waals surface area contributed by atoms with Crippen molar-refractivity contribution in [3.63, 3.8) is 0 Å². The molecule has 0 saturated carbocycles. The van der Waals surface area contributed by atoms with E-state index in [1.807, 2.05) is 7.05 Å². The predicted molar refractivity (Wildman–Crippen MR) is 76.1 cm³/mol. The van der Waals surface area contributed by atoms with Gasteiger partial charge in [-0.1, -0.05) is 30.3 Å². The molecule has 0 saturated heterocycles. The van der Waals surface area contributed by atoms with Crippen molar-refractivity contribution < 1.29 is 30.7 Å². The Morgan fingerprint density at radius 3 is 2.22 bits per heavy atom. The Hall–Kier alpha value is -1.87. The Morgan fingerprint density at radius 1 is 1.22 bits per heavy atom. The summed E-state index contributed by atoms with van der Waals surface area (Å²) in [6.45, 7) is 1.09. The molecule has 1 aromatic carbocycles. The van der Waals surface area contributed by atoms with E-state index < -0.39 is 15.6 Å². The van der Waals surface area contributed by atoms with E-state index in [4.69, 9.17) is 13.0 Å². The van der Waals surface area contributed by atoms with Crippen LogP contribution in [-0.2, 0) is 30.1 Å². The number of rotatable bonds is 4. The van der Waals surface area contributed by atoms with Crippen LogP contribution >= 0.6 is 0 Å². The van der Waals surface area contributed by atoms with E-state index in [0.717, 1.165) is 13.0 Å². The van der Waals surface area contributed by atoms with E-state index in [2.05, 4.69) is 58.2 Å². The van der Waals surface area contributed by atoms with E-state index in [9.17, 15) is 13.2 Å². The molecule has 0 unspecified atom stereocenters. The number of hydrogen-bond donors (Lipinski definition) is 0. The van der Waals surface area contributed by atoms with Crippen molar-refractivity contribution in [1.82, 2.24) is 4.57 Å². The van der Waals surface area contributed by atoms with Gasteiger partial charge in [0, 0.05) is 0 Å². The summed E-state index contributed by atoms with van der Waals surface area (Å²) in [5.74, 6) is 0. The molecule has 0 aliphatic heterocycles. The lowest BCUT2D eigenvalue weighted by molar-refractivity contribution is -0.671. The summed E-state index contributed by atoms with van der Waals surface area (Å²) >= 11 is 0. The highest BCUT2D eigenvalue weighted by atomic mass is 32.2. The topological polar surface area (TPSA) is 66.0 Å². The second-order valence-corrected chi connectivity index (χ2v) is 6.18. The summed E-state index contributed by atoms with van der Waals surface area (Å²) in [5.41, 5.74) is -4.22. The van der Waals surface area contributed by atoms with Crippen LogP contribution in [0, 0.1) is 0 Å². The molecular weight excluding hydrogens is 333 g/mol. The highest BCUT2D eigenvalue weighted by molar-refractivity contribution is 7.86. The Kier molecular flexibility index (Phi) is 6.77. The summed E-state index contributed by atoms with van der Waals surface area (Å²) < 4.78 is 63.2. The quantitative estimate of drug-likeness (QED) is 0.481. The number of nitrogens with zero attached hydrogens (tertiary/aromatic N) is 2. The molecule has 0 spiro atoms. The Labute approximate surface area is 132 Å². The van der Waals surface area contributed by atoms with E-state index in [0.29, 0.717) is 0 Å². The average molecular weight is 350 g/mol.